The van der Waals surface area contributed by atoms with Gasteiger partial charge in [0, 0.05) is 5.92 Å². The summed E-state index contributed by atoms with van der Waals surface area (Å²) in [4.78, 5) is 7.63. The lowest BCUT2D eigenvalue weighted by atomic mass is 10.2. The third-order valence-electron chi connectivity index (χ3n) is 2.07. The molecule has 7 heteroatoms. The Morgan fingerprint density at radius 3 is 2.61 bits per heavy atom. The summed E-state index contributed by atoms with van der Waals surface area (Å²) >= 11 is 1.53. The highest BCUT2D eigenvalue weighted by molar-refractivity contribution is 7.11. The minimum Gasteiger partial charge on any atom is -0.483 e. The SMILES string of the molecule is CC(C)c1nnc(COc2cnc(C#N)nc2)s1. The van der Waals surface area contributed by atoms with E-state index in [1.165, 1.54) is 23.7 Å². The van der Waals surface area contributed by atoms with E-state index in [0.717, 1.165) is 10.0 Å². The van der Waals surface area contributed by atoms with Crippen LogP contribution in [0.5, 0.6) is 5.75 Å². The molecule has 18 heavy (non-hydrogen) atoms. The molecule has 0 aliphatic rings. The molecule has 2 aromatic rings. The molecule has 0 unspecified atom stereocenters. The van der Waals surface area contributed by atoms with Gasteiger partial charge in [-0.05, 0) is 0 Å². The van der Waals surface area contributed by atoms with Crippen molar-refractivity contribution < 1.29 is 4.74 Å². The fourth-order valence-corrected chi connectivity index (χ4v) is 1.91. The number of hydrogen-bond acceptors (Lipinski definition) is 7. The number of nitrogens with zero attached hydrogens (tertiary/aromatic N) is 5. The van der Waals surface area contributed by atoms with Gasteiger partial charge in [-0.25, -0.2) is 9.97 Å². The maximum atomic E-state index is 8.56. The zero-order valence-electron chi connectivity index (χ0n) is 9.99. The van der Waals surface area contributed by atoms with E-state index in [0.29, 0.717) is 18.3 Å². The number of nitriles is 1. The average Bonchev–Trinajstić information content (AvgIpc) is 2.86. The van der Waals surface area contributed by atoms with Crippen LogP contribution >= 0.6 is 11.3 Å². The van der Waals surface area contributed by atoms with E-state index in [-0.39, 0.29) is 5.82 Å². The van der Waals surface area contributed by atoms with Crippen LogP contribution < -0.4 is 4.74 Å². The molecule has 6 nitrogen and oxygen atoms in total. The lowest BCUT2D eigenvalue weighted by molar-refractivity contribution is 0.302. The standard InChI is InChI=1S/C11H11N5OS/c1-7(2)11-16-15-10(18-11)6-17-8-4-13-9(3-12)14-5-8/h4-5,7H,6H2,1-2H3. The van der Waals surface area contributed by atoms with Crippen molar-refractivity contribution in [2.24, 2.45) is 0 Å². The van der Waals surface area contributed by atoms with Gasteiger partial charge in [-0.1, -0.05) is 25.2 Å². The molecule has 2 heterocycles. The van der Waals surface area contributed by atoms with Crippen LogP contribution in [0.3, 0.4) is 0 Å². The number of aromatic nitrogens is 4. The third kappa shape index (κ3) is 2.99. The van der Waals surface area contributed by atoms with Crippen LogP contribution in [0.2, 0.25) is 0 Å². The van der Waals surface area contributed by atoms with E-state index < -0.39 is 0 Å². The van der Waals surface area contributed by atoms with Gasteiger partial charge in [0.15, 0.2) is 10.8 Å². The summed E-state index contributed by atoms with van der Waals surface area (Å²) in [5.74, 6) is 1.00. The summed E-state index contributed by atoms with van der Waals surface area (Å²) in [5, 5.41) is 18.5. The van der Waals surface area contributed by atoms with Gasteiger partial charge in [-0.3, -0.25) is 0 Å². The van der Waals surface area contributed by atoms with Crippen molar-refractivity contribution in [2.75, 3.05) is 0 Å². The molecule has 0 saturated heterocycles. The van der Waals surface area contributed by atoms with Crippen molar-refractivity contribution in [3.8, 4) is 11.8 Å². The first-order chi connectivity index (χ1) is 8.69. The van der Waals surface area contributed by atoms with Crippen LogP contribution in [0, 0.1) is 11.3 Å². The lowest BCUT2D eigenvalue weighted by Crippen LogP contribution is -1.97. The maximum Gasteiger partial charge on any atom is 0.232 e. The molecule has 0 aromatic carbocycles. The molecule has 92 valence electrons. The summed E-state index contributed by atoms with van der Waals surface area (Å²) in [6, 6.07) is 1.85. The highest BCUT2D eigenvalue weighted by Crippen LogP contribution is 2.20. The number of ether oxygens (including phenoxy) is 1. The average molecular weight is 261 g/mol. The topological polar surface area (TPSA) is 84.6 Å². The van der Waals surface area contributed by atoms with Crippen LogP contribution in [-0.2, 0) is 6.61 Å². The van der Waals surface area contributed by atoms with Gasteiger partial charge in [0.1, 0.15) is 17.7 Å². The largest absolute Gasteiger partial charge is 0.483 e. The second kappa shape index (κ2) is 5.51. The molecule has 0 aliphatic carbocycles. The zero-order chi connectivity index (χ0) is 13.0. The molecule has 0 aliphatic heterocycles. The molecule has 0 fully saturated rings. The van der Waals surface area contributed by atoms with Crippen LogP contribution in [0.25, 0.3) is 0 Å². The zero-order valence-corrected chi connectivity index (χ0v) is 10.8. The number of rotatable bonds is 4. The van der Waals surface area contributed by atoms with Crippen molar-refractivity contribution in [2.45, 2.75) is 26.4 Å². The highest BCUT2D eigenvalue weighted by Gasteiger charge is 2.08. The van der Waals surface area contributed by atoms with E-state index in [1.54, 1.807) is 0 Å². The first kappa shape index (κ1) is 12.4. The monoisotopic (exact) mass is 261 g/mol. The van der Waals surface area contributed by atoms with Crippen LogP contribution in [0.4, 0.5) is 0 Å². The maximum absolute atomic E-state index is 8.56. The molecule has 0 radical (unpaired) electrons. The predicted octanol–water partition coefficient (Wildman–Crippen LogP) is 1.90. The van der Waals surface area contributed by atoms with E-state index in [4.69, 9.17) is 10.00 Å². The van der Waals surface area contributed by atoms with Crippen molar-refractivity contribution >= 4 is 11.3 Å². The molecular formula is C11H11N5OS. The first-order valence-corrected chi connectivity index (χ1v) is 6.18. The van der Waals surface area contributed by atoms with Gasteiger partial charge in [0.25, 0.3) is 0 Å². The van der Waals surface area contributed by atoms with Gasteiger partial charge < -0.3 is 4.74 Å². The highest BCUT2D eigenvalue weighted by atomic mass is 32.1. The summed E-state index contributed by atoms with van der Waals surface area (Å²) in [6.45, 7) is 4.47. The van der Waals surface area contributed by atoms with Crippen molar-refractivity contribution in [1.82, 2.24) is 20.2 Å². The fraction of sp³-hybridized carbons (Fsp3) is 0.364. The van der Waals surface area contributed by atoms with E-state index in [2.05, 4.69) is 34.0 Å². The molecular weight excluding hydrogens is 250 g/mol. The molecule has 2 rings (SSSR count). The second-order valence-electron chi connectivity index (χ2n) is 3.83. The predicted molar refractivity (Wildman–Crippen MR) is 65.1 cm³/mol. The van der Waals surface area contributed by atoms with E-state index >= 15 is 0 Å². The molecule has 0 saturated carbocycles. The Morgan fingerprint density at radius 2 is 2.06 bits per heavy atom. The van der Waals surface area contributed by atoms with Crippen LogP contribution in [0.15, 0.2) is 12.4 Å². The Labute approximate surface area is 108 Å². The Kier molecular flexibility index (Phi) is 3.79. The molecule has 2 aromatic heterocycles. The van der Waals surface area contributed by atoms with Crippen LogP contribution in [-0.4, -0.2) is 20.2 Å². The minimum absolute atomic E-state index is 0.125. The minimum atomic E-state index is 0.125. The summed E-state index contributed by atoms with van der Waals surface area (Å²) in [7, 11) is 0. The van der Waals surface area contributed by atoms with Gasteiger partial charge in [0.05, 0.1) is 12.4 Å². The van der Waals surface area contributed by atoms with Crippen LogP contribution in [0.1, 0.15) is 35.6 Å². The molecule has 0 N–H and O–H groups in total. The Balaban J connectivity index is 1.96. The quantitative estimate of drug-likeness (QED) is 0.835. The van der Waals surface area contributed by atoms with Gasteiger partial charge >= 0.3 is 0 Å². The summed E-state index contributed by atoms with van der Waals surface area (Å²) in [6.07, 6.45) is 2.94. The van der Waals surface area contributed by atoms with Crippen molar-refractivity contribution in [1.29, 1.82) is 5.26 Å². The Hall–Kier alpha value is -2.07. The Morgan fingerprint density at radius 1 is 1.33 bits per heavy atom. The second-order valence-corrected chi connectivity index (χ2v) is 4.93. The van der Waals surface area contributed by atoms with Crippen molar-refractivity contribution in [3.63, 3.8) is 0 Å². The summed E-state index contributed by atoms with van der Waals surface area (Å²) < 4.78 is 5.46. The molecule has 0 bridgehead atoms. The third-order valence-corrected chi connectivity index (χ3v) is 3.26. The van der Waals surface area contributed by atoms with E-state index in [9.17, 15) is 0 Å². The molecule has 0 amide bonds. The van der Waals surface area contributed by atoms with Gasteiger partial charge in [0.2, 0.25) is 5.82 Å². The lowest BCUT2D eigenvalue weighted by Gasteiger charge is -2.01. The molecule has 0 spiro atoms. The van der Waals surface area contributed by atoms with Gasteiger partial charge in [-0.2, -0.15) is 5.26 Å². The first-order valence-electron chi connectivity index (χ1n) is 5.36. The van der Waals surface area contributed by atoms with Gasteiger partial charge in [-0.15, -0.1) is 10.2 Å². The smallest absolute Gasteiger partial charge is 0.232 e. The Bertz CT molecular complexity index is 558. The number of hydrogen-bond donors (Lipinski definition) is 0. The fourth-order valence-electron chi connectivity index (χ4n) is 1.15. The van der Waals surface area contributed by atoms with E-state index in [1.807, 2.05) is 6.07 Å². The van der Waals surface area contributed by atoms with Crippen molar-refractivity contribution in [3.05, 3.63) is 28.2 Å². The summed E-state index contributed by atoms with van der Waals surface area (Å²) in [5.41, 5.74) is 0. The molecule has 0 atom stereocenters. The normalized spacial score (nSPS) is 10.3.